The molecule has 0 spiro atoms. The Morgan fingerprint density at radius 3 is 2.21 bits per heavy atom. The number of hydrogen-bond acceptors (Lipinski definition) is 8. The Kier molecular flexibility index (Phi) is 11.8. The zero-order valence-electron chi connectivity index (χ0n) is 28.2. The Morgan fingerprint density at radius 1 is 0.769 bits per heavy atom. The SMILES string of the molecule is COc1cccc(-c2csc(NC(=O)C(Sc3ccc(NC(=O)/C(=C/c4ccccc4OC)NC(=O)c4ccccc4)cc3)c3ccccc3)n2)c1. The summed E-state index contributed by atoms with van der Waals surface area (Å²) in [6.45, 7) is 0. The molecule has 3 N–H and O–H groups in total. The highest BCUT2D eigenvalue weighted by Gasteiger charge is 2.24. The molecule has 52 heavy (non-hydrogen) atoms. The second-order valence-electron chi connectivity index (χ2n) is 11.3. The van der Waals surface area contributed by atoms with Gasteiger partial charge in [0.2, 0.25) is 5.91 Å². The summed E-state index contributed by atoms with van der Waals surface area (Å²) in [6, 6.07) is 40.1. The van der Waals surface area contributed by atoms with E-state index in [1.165, 1.54) is 23.1 Å². The number of ether oxygens (including phenoxy) is 2. The largest absolute Gasteiger partial charge is 0.497 e. The van der Waals surface area contributed by atoms with Crippen LogP contribution in [0.3, 0.4) is 0 Å². The van der Waals surface area contributed by atoms with Gasteiger partial charge in [0.25, 0.3) is 11.8 Å². The third-order valence-electron chi connectivity index (χ3n) is 7.77. The summed E-state index contributed by atoms with van der Waals surface area (Å²) in [7, 11) is 3.16. The minimum absolute atomic E-state index is 0.0364. The van der Waals surface area contributed by atoms with Gasteiger partial charge < -0.3 is 25.4 Å². The maximum absolute atomic E-state index is 13.7. The number of rotatable bonds is 13. The van der Waals surface area contributed by atoms with E-state index in [-0.39, 0.29) is 11.6 Å². The van der Waals surface area contributed by atoms with Crippen molar-refractivity contribution in [1.29, 1.82) is 0 Å². The van der Waals surface area contributed by atoms with Gasteiger partial charge in [0.05, 0.1) is 19.9 Å². The van der Waals surface area contributed by atoms with Gasteiger partial charge in [-0.15, -0.1) is 23.1 Å². The third-order valence-corrected chi connectivity index (χ3v) is 9.80. The van der Waals surface area contributed by atoms with Crippen LogP contribution in [0.1, 0.15) is 26.7 Å². The third kappa shape index (κ3) is 9.13. The summed E-state index contributed by atoms with van der Waals surface area (Å²) in [5.74, 6) is 0.103. The van der Waals surface area contributed by atoms with E-state index in [1.54, 1.807) is 68.8 Å². The predicted molar refractivity (Wildman–Crippen MR) is 208 cm³/mol. The Morgan fingerprint density at radius 2 is 1.48 bits per heavy atom. The van der Waals surface area contributed by atoms with Crippen molar-refractivity contribution in [2.24, 2.45) is 0 Å². The quantitative estimate of drug-likeness (QED) is 0.0805. The minimum atomic E-state index is -0.589. The summed E-state index contributed by atoms with van der Waals surface area (Å²) in [6.07, 6.45) is 1.57. The molecule has 0 bridgehead atoms. The maximum Gasteiger partial charge on any atom is 0.272 e. The van der Waals surface area contributed by atoms with Crippen LogP contribution in [0.25, 0.3) is 17.3 Å². The van der Waals surface area contributed by atoms with Crippen molar-refractivity contribution in [3.63, 3.8) is 0 Å². The standard InChI is InChI=1S/C41H34N4O5S2/c1-49-32-18-11-17-29(24-32)35-26-51-41(44-35)45-40(48)37(27-12-5-3-6-13-27)52-33-22-20-31(21-23-33)42-39(47)34(25-30-16-9-10-19-36(30)50-2)43-38(46)28-14-7-4-8-15-28/h3-26,37H,1-2H3,(H,42,47)(H,43,46)(H,44,45,48)/b34-25-. The number of nitrogens with zero attached hydrogens (tertiary/aromatic N) is 1. The molecule has 0 aliphatic carbocycles. The van der Waals surface area contributed by atoms with Crippen LogP contribution in [0, 0.1) is 0 Å². The van der Waals surface area contributed by atoms with Crippen LogP contribution in [0.2, 0.25) is 0 Å². The molecule has 9 nitrogen and oxygen atoms in total. The smallest absolute Gasteiger partial charge is 0.272 e. The molecular formula is C41H34N4O5S2. The van der Waals surface area contributed by atoms with E-state index in [2.05, 4.69) is 20.9 Å². The van der Waals surface area contributed by atoms with E-state index in [4.69, 9.17) is 9.47 Å². The molecule has 5 aromatic carbocycles. The van der Waals surface area contributed by atoms with Gasteiger partial charge in [-0.2, -0.15) is 0 Å². The first-order valence-electron chi connectivity index (χ1n) is 16.1. The van der Waals surface area contributed by atoms with E-state index >= 15 is 0 Å². The number of aromatic nitrogens is 1. The molecule has 0 saturated heterocycles. The molecular weight excluding hydrogens is 693 g/mol. The molecule has 0 aliphatic rings. The predicted octanol–water partition coefficient (Wildman–Crippen LogP) is 8.71. The van der Waals surface area contributed by atoms with E-state index in [0.29, 0.717) is 27.7 Å². The number of amides is 3. The average molecular weight is 727 g/mol. The van der Waals surface area contributed by atoms with Gasteiger partial charge in [-0.1, -0.05) is 78.9 Å². The van der Waals surface area contributed by atoms with Gasteiger partial charge in [-0.05, 0) is 66.2 Å². The first kappa shape index (κ1) is 35.6. The van der Waals surface area contributed by atoms with Crippen LogP contribution in [-0.4, -0.2) is 36.9 Å². The number of methoxy groups -OCH3 is 2. The lowest BCUT2D eigenvalue weighted by Crippen LogP contribution is -2.30. The van der Waals surface area contributed by atoms with Crippen LogP contribution in [0.4, 0.5) is 10.8 Å². The highest BCUT2D eigenvalue weighted by Crippen LogP contribution is 2.37. The number of nitrogens with one attached hydrogen (secondary N) is 3. The number of thioether (sulfide) groups is 1. The van der Waals surface area contributed by atoms with Gasteiger partial charge in [0, 0.05) is 32.7 Å². The second-order valence-corrected chi connectivity index (χ2v) is 13.3. The fourth-order valence-electron chi connectivity index (χ4n) is 5.15. The van der Waals surface area contributed by atoms with Gasteiger partial charge in [0.1, 0.15) is 22.4 Å². The van der Waals surface area contributed by atoms with Crippen LogP contribution in [0.15, 0.2) is 149 Å². The van der Waals surface area contributed by atoms with Crippen LogP contribution < -0.4 is 25.4 Å². The highest BCUT2D eigenvalue weighted by atomic mass is 32.2. The van der Waals surface area contributed by atoms with E-state index in [0.717, 1.165) is 27.5 Å². The maximum atomic E-state index is 13.7. The van der Waals surface area contributed by atoms with Gasteiger partial charge in [0.15, 0.2) is 5.13 Å². The Hall–Kier alpha value is -6.17. The summed E-state index contributed by atoms with van der Waals surface area (Å²) >= 11 is 2.72. The van der Waals surface area contributed by atoms with E-state index in [9.17, 15) is 14.4 Å². The van der Waals surface area contributed by atoms with Crippen molar-refractivity contribution in [2.45, 2.75) is 10.1 Å². The number of carbonyl (C=O) groups excluding carboxylic acids is 3. The summed E-state index contributed by atoms with van der Waals surface area (Å²) in [5, 5.41) is 10.4. The van der Waals surface area contributed by atoms with Crippen LogP contribution in [-0.2, 0) is 9.59 Å². The van der Waals surface area contributed by atoms with Gasteiger partial charge >= 0.3 is 0 Å². The van der Waals surface area contributed by atoms with Crippen molar-refractivity contribution in [3.8, 4) is 22.8 Å². The summed E-state index contributed by atoms with van der Waals surface area (Å²) in [4.78, 5) is 45.9. The lowest BCUT2D eigenvalue weighted by molar-refractivity contribution is -0.116. The fourth-order valence-corrected chi connectivity index (χ4v) is 6.90. The Bertz CT molecular complexity index is 2190. The number of anilines is 2. The molecule has 1 heterocycles. The topological polar surface area (TPSA) is 119 Å². The minimum Gasteiger partial charge on any atom is -0.497 e. The molecule has 6 rings (SSSR count). The molecule has 0 radical (unpaired) electrons. The number of benzene rings is 5. The van der Waals surface area contributed by atoms with E-state index < -0.39 is 17.1 Å². The highest BCUT2D eigenvalue weighted by molar-refractivity contribution is 8.00. The van der Waals surface area contributed by atoms with Crippen molar-refractivity contribution in [3.05, 3.63) is 161 Å². The fraction of sp³-hybridized carbons (Fsp3) is 0.0732. The molecule has 6 aromatic rings. The van der Waals surface area contributed by atoms with Gasteiger partial charge in [-0.3, -0.25) is 14.4 Å². The number of carbonyl (C=O) groups is 3. The monoisotopic (exact) mass is 726 g/mol. The lowest BCUT2D eigenvalue weighted by atomic mass is 10.1. The zero-order valence-corrected chi connectivity index (χ0v) is 29.9. The first-order valence-corrected chi connectivity index (χ1v) is 17.9. The zero-order chi connectivity index (χ0) is 36.3. The van der Waals surface area contributed by atoms with E-state index in [1.807, 2.05) is 90.3 Å². The Balaban J connectivity index is 1.18. The molecule has 0 saturated carbocycles. The van der Waals surface area contributed by atoms with Crippen molar-refractivity contribution >= 4 is 57.7 Å². The molecule has 3 amide bonds. The molecule has 0 fully saturated rings. The first-order chi connectivity index (χ1) is 25.4. The number of para-hydroxylation sites is 1. The average Bonchev–Trinajstić information content (AvgIpc) is 3.66. The van der Waals surface area contributed by atoms with Crippen LogP contribution in [0.5, 0.6) is 11.5 Å². The van der Waals surface area contributed by atoms with Crippen LogP contribution >= 0.6 is 23.1 Å². The van der Waals surface area contributed by atoms with Crippen molar-refractivity contribution < 1.29 is 23.9 Å². The molecule has 1 unspecified atom stereocenters. The Labute approximate surface area is 309 Å². The second kappa shape index (κ2) is 17.2. The molecule has 1 aromatic heterocycles. The molecule has 0 aliphatic heterocycles. The summed E-state index contributed by atoms with van der Waals surface area (Å²) in [5.41, 5.74) is 4.02. The van der Waals surface area contributed by atoms with Crippen molar-refractivity contribution in [2.75, 3.05) is 24.9 Å². The molecule has 11 heteroatoms. The van der Waals surface area contributed by atoms with Crippen molar-refractivity contribution in [1.82, 2.24) is 10.3 Å². The molecule has 1 atom stereocenters. The van der Waals surface area contributed by atoms with Gasteiger partial charge in [-0.25, -0.2) is 4.98 Å². The normalized spacial score (nSPS) is 11.6. The number of hydrogen-bond donors (Lipinski definition) is 3. The lowest BCUT2D eigenvalue weighted by Gasteiger charge is -2.17. The number of thiazole rings is 1. The molecule has 260 valence electrons. The summed E-state index contributed by atoms with van der Waals surface area (Å²) < 4.78 is 10.8.